The number of aliphatic imine (C=N–C) groups is 1. The highest BCUT2D eigenvalue weighted by molar-refractivity contribution is 5.86. The zero-order valence-electron chi connectivity index (χ0n) is 10.0. The molecule has 0 aromatic heterocycles. The minimum absolute atomic E-state index is 0.323. The van der Waals surface area contributed by atoms with Crippen LogP contribution in [0.25, 0.3) is 0 Å². The first-order valence-electron chi connectivity index (χ1n) is 5.17. The molecule has 5 heteroatoms. The quantitative estimate of drug-likeness (QED) is 0.313. The fourth-order valence-electron chi connectivity index (χ4n) is 0.979. The molecule has 1 N–H and O–H groups in total. The van der Waals surface area contributed by atoms with Gasteiger partial charge in [-0.15, -0.1) is 0 Å². The maximum absolute atomic E-state index is 10.7. The molecule has 0 saturated carbocycles. The molecule has 0 spiro atoms. The minimum Gasteiger partial charge on any atom is -0.393 e. The summed E-state index contributed by atoms with van der Waals surface area (Å²) in [5.41, 5.74) is 0. The summed E-state index contributed by atoms with van der Waals surface area (Å²) in [5, 5.41) is 2.90. The fourth-order valence-corrected chi connectivity index (χ4v) is 0.979. The molecule has 0 saturated heterocycles. The van der Waals surface area contributed by atoms with E-state index in [1.54, 1.807) is 0 Å². The molecular formula is C10H21N3O2. The fraction of sp³-hybridized carbons (Fsp3) is 0.800. The highest BCUT2D eigenvalue weighted by Crippen LogP contribution is 1.87. The molecular weight excluding hydrogens is 194 g/mol. The predicted octanol–water partition coefficient (Wildman–Crippen LogP) is 0.467. The van der Waals surface area contributed by atoms with Crippen LogP contribution in [0.3, 0.4) is 0 Å². The van der Waals surface area contributed by atoms with Gasteiger partial charge in [-0.1, -0.05) is 0 Å². The van der Waals surface area contributed by atoms with Crippen LogP contribution in [0.15, 0.2) is 4.99 Å². The Morgan fingerprint density at radius 2 is 2.13 bits per heavy atom. The molecule has 5 nitrogen and oxygen atoms in total. The van der Waals surface area contributed by atoms with Crippen LogP contribution in [0.5, 0.6) is 0 Å². The SMILES string of the molecule is CCN/C(=N/CCCN(C)C)OC(C)=O. The van der Waals surface area contributed by atoms with Crippen LogP contribution >= 0.6 is 0 Å². The van der Waals surface area contributed by atoms with E-state index < -0.39 is 0 Å². The van der Waals surface area contributed by atoms with Crippen molar-refractivity contribution in [2.24, 2.45) is 4.99 Å². The summed E-state index contributed by atoms with van der Waals surface area (Å²) in [4.78, 5) is 17.0. The normalized spacial score (nSPS) is 11.7. The first-order valence-corrected chi connectivity index (χ1v) is 5.17. The van der Waals surface area contributed by atoms with E-state index in [0.29, 0.717) is 19.1 Å². The molecule has 0 amide bonds. The summed E-state index contributed by atoms with van der Waals surface area (Å²) in [6, 6.07) is 0.323. The zero-order valence-corrected chi connectivity index (χ0v) is 10.0. The monoisotopic (exact) mass is 215 g/mol. The lowest BCUT2D eigenvalue weighted by molar-refractivity contribution is -0.133. The zero-order chi connectivity index (χ0) is 11.7. The van der Waals surface area contributed by atoms with Crippen LogP contribution in [0.4, 0.5) is 0 Å². The van der Waals surface area contributed by atoms with Crippen molar-refractivity contribution < 1.29 is 9.53 Å². The van der Waals surface area contributed by atoms with Crippen LogP contribution in [-0.2, 0) is 9.53 Å². The Kier molecular flexibility index (Phi) is 7.62. The molecule has 0 bridgehead atoms. The first-order chi connectivity index (χ1) is 7.06. The standard InChI is InChI=1S/C10H21N3O2/c1-5-11-10(15-9(2)14)12-7-6-8-13(3)4/h5-8H2,1-4H3,(H,11,12). The molecule has 0 aliphatic carbocycles. The molecule has 0 heterocycles. The van der Waals surface area contributed by atoms with Gasteiger partial charge in [0.05, 0.1) is 0 Å². The molecule has 0 rings (SSSR count). The van der Waals surface area contributed by atoms with Crippen molar-refractivity contribution in [1.82, 2.24) is 10.2 Å². The van der Waals surface area contributed by atoms with Gasteiger partial charge >= 0.3 is 5.97 Å². The van der Waals surface area contributed by atoms with Crippen LogP contribution in [0, 0.1) is 0 Å². The number of carbonyl (C=O) groups excluding carboxylic acids is 1. The highest BCUT2D eigenvalue weighted by Gasteiger charge is 2.01. The van der Waals surface area contributed by atoms with Crippen LogP contribution < -0.4 is 5.32 Å². The minimum atomic E-state index is -0.345. The molecule has 0 fully saturated rings. The molecule has 0 aliphatic heterocycles. The molecule has 0 aliphatic rings. The molecule has 88 valence electrons. The van der Waals surface area contributed by atoms with Crippen LogP contribution in [0.2, 0.25) is 0 Å². The molecule has 15 heavy (non-hydrogen) atoms. The van der Waals surface area contributed by atoms with Crippen molar-refractivity contribution in [2.75, 3.05) is 33.7 Å². The average molecular weight is 215 g/mol. The van der Waals surface area contributed by atoms with Gasteiger partial charge < -0.3 is 15.0 Å². The Morgan fingerprint density at radius 1 is 1.47 bits per heavy atom. The van der Waals surface area contributed by atoms with Crippen molar-refractivity contribution in [3.05, 3.63) is 0 Å². The van der Waals surface area contributed by atoms with Crippen molar-refractivity contribution in [2.45, 2.75) is 20.3 Å². The van der Waals surface area contributed by atoms with E-state index in [0.717, 1.165) is 13.0 Å². The van der Waals surface area contributed by atoms with E-state index >= 15 is 0 Å². The Morgan fingerprint density at radius 3 is 2.60 bits per heavy atom. The second-order valence-corrected chi connectivity index (χ2v) is 3.47. The summed E-state index contributed by atoms with van der Waals surface area (Å²) in [7, 11) is 4.03. The summed E-state index contributed by atoms with van der Waals surface area (Å²) < 4.78 is 4.88. The highest BCUT2D eigenvalue weighted by atomic mass is 16.6. The number of nitrogens with zero attached hydrogens (tertiary/aromatic N) is 2. The van der Waals surface area contributed by atoms with Crippen molar-refractivity contribution >= 4 is 12.0 Å². The maximum Gasteiger partial charge on any atom is 0.310 e. The molecule has 0 unspecified atom stereocenters. The second kappa shape index (κ2) is 8.23. The summed E-state index contributed by atoms with van der Waals surface area (Å²) in [6.45, 7) is 5.63. The summed E-state index contributed by atoms with van der Waals surface area (Å²) >= 11 is 0. The van der Waals surface area contributed by atoms with Crippen molar-refractivity contribution in [3.8, 4) is 0 Å². The third kappa shape index (κ3) is 9.21. The van der Waals surface area contributed by atoms with Gasteiger partial charge in [-0.3, -0.25) is 4.79 Å². The van der Waals surface area contributed by atoms with Gasteiger partial charge in [0.2, 0.25) is 0 Å². The van der Waals surface area contributed by atoms with Gasteiger partial charge in [-0.25, -0.2) is 4.99 Å². The van der Waals surface area contributed by atoms with Gasteiger partial charge in [0.15, 0.2) is 0 Å². The second-order valence-electron chi connectivity index (χ2n) is 3.47. The van der Waals surface area contributed by atoms with E-state index in [2.05, 4.69) is 15.2 Å². The van der Waals surface area contributed by atoms with Gasteiger partial charge in [0.25, 0.3) is 6.02 Å². The van der Waals surface area contributed by atoms with Gasteiger partial charge in [0.1, 0.15) is 0 Å². The molecule has 0 radical (unpaired) electrons. The molecule has 0 aromatic rings. The first kappa shape index (κ1) is 13.9. The Balaban J connectivity index is 3.88. The van der Waals surface area contributed by atoms with Crippen molar-refractivity contribution in [1.29, 1.82) is 0 Å². The number of carbonyl (C=O) groups is 1. The van der Waals surface area contributed by atoms with Gasteiger partial charge in [-0.2, -0.15) is 0 Å². The van der Waals surface area contributed by atoms with Crippen LogP contribution in [-0.4, -0.2) is 50.6 Å². The number of esters is 1. The third-order valence-corrected chi connectivity index (χ3v) is 1.59. The van der Waals surface area contributed by atoms with E-state index in [9.17, 15) is 4.79 Å². The number of hydrogen-bond donors (Lipinski definition) is 1. The smallest absolute Gasteiger partial charge is 0.310 e. The summed E-state index contributed by atoms with van der Waals surface area (Å²) in [6.07, 6.45) is 0.948. The van der Waals surface area contributed by atoms with E-state index in [-0.39, 0.29) is 5.97 Å². The lowest BCUT2D eigenvalue weighted by atomic mass is 10.4. The van der Waals surface area contributed by atoms with Gasteiger partial charge in [-0.05, 0) is 34.0 Å². The maximum atomic E-state index is 10.7. The summed E-state index contributed by atoms with van der Waals surface area (Å²) in [5.74, 6) is -0.345. The average Bonchev–Trinajstić information content (AvgIpc) is 2.11. The van der Waals surface area contributed by atoms with Crippen molar-refractivity contribution in [3.63, 3.8) is 0 Å². The predicted molar refractivity (Wildman–Crippen MR) is 60.9 cm³/mol. The van der Waals surface area contributed by atoms with E-state index in [1.807, 2.05) is 21.0 Å². The number of rotatable bonds is 5. The molecule has 0 aromatic carbocycles. The Bertz CT molecular complexity index is 215. The topological polar surface area (TPSA) is 53.9 Å². The third-order valence-electron chi connectivity index (χ3n) is 1.59. The number of amidine groups is 1. The number of ether oxygens (including phenoxy) is 1. The Hall–Kier alpha value is -1.10. The Labute approximate surface area is 91.5 Å². The van der Waals surface area contributed by atoms with E-state index in [4.69, 9.17) is 4.74 Å². The largest absolute Gasteiger partial charge is 0.393 e. The number of hydrogen-bond acceptors (Lipinski definition) is 4. The molecule has 0 atom stereocenters. The van der Waals surface area contributed by atoms with Gasteiger partial charge in [0, 0.05) is 20.0 Å². The van der Waals surface area contributed by atoms with Crippen LogP contribution in [0.1, 0.15) is 20.3 Å². The lowest BCUT2D eigenvalue weighted by Gasteiger charge is -2.09. The van der Waals surface area contributed by atoms with E-state index in [1.165, 1.54) is 6.92 Å². The lowest BCUT2D eigenvalue weighted by Crippen LogP contribution is -2.28. The number of nitrogens with one attached hydrogen (secondary N) is 1.